The Balaban J connectivity index is 2.12. The van der Waals surface area contributed by atoms with Crippen LogP contribution in [0.1, 0.15) is 31.9 Å². The second kappa shape index (κ2) is 8.24. The highest BCUT2D eigenvalue weighted by Crippen LogP contribution is 2.34. The monoisotopic (exact) mass is 411 g/mol. The van der Waals surface area contributed by atoms with Gasteiger partial charge in [-0.2, -0.15) is 0 Å². The van der Waals surface area contributed by atoms with Crippen LogP contribution in [0, 0.1) is 0 Å². The van der Waals surface area contributed by atoms with Crippen LogP contribution in [0.3, 0.4) is 0 Å². The van der Waals surface area contributed by atoms with Crippen molar-refractivity contribution in [1.29, 1.82) is 0 Å². The molecule has 2 rings (SSSR count). The van der Waals surface area contributed by atoms with Gasteiger partial charge in [-0.05, 0) is 56.2 Å². The predicted octanol–water partition coefficient (Wildman–Crippen LogP) is 5.58. The summed E-state index contributed by atoms with van der Waals surface area (Å²) in [6.07, 6.45) is 0. The molecule has 24 heavy (non-hydrogen) atoms. The molecule has 0 heterocycles. The summed E-state index contributed by atoms with van der Waals surface area (Å²) in [4.78, 5) is 0. The van der Waals surface area contributed by atoms with Crippen LogP contribution in [-0.4, -0.2) is 12.6 Å². The zero-order valence-corrected chi connectivity index (χ0v) is 16.8. The highest BCUT2D eigenvalue weighted by Gasteiger charge is 2.14. The number of methoxy groups -OCH3 is 1. The first-order valence-electron chi connectivity index (χ1n) is 7.77. The Morgan fingerprint density at radius 3 is 2.33 bits per heavy atom. The first kappa shape index (κ1) is 19.1. The van der Waals surface area contributed by atoms with Gasteiger partial charge in [0.2, 0.25) is 0 Å². The van der Waals surface area contributed by atoms with Gasteiger partial charge in [-0.15, -0.1) is 0 Å². The standard InChI is InChI=1S/C19H23BrClNO2/c1-19(2,3)22-11-14-9-17(23-4)18(10-16(14)20)24-12-13-5-7-15(21)8-6-13/h5-10,22H,11-12H2,1-4H3. The molecule has 0 fully saturated rings. The summed E-state index contributed by atoms with van der Waals surface area (Å²) in [5.41, 5.74) is 2.23. The van der Waals surface area contributed by atoms with E-state index in [0.29, 0.717) is 12.4 Å². The molecule has 0 bridgehead atoms. The quantitative estimate of drug-likeness (QED) is 0.672. The van der Waals surface area contributed by atoms with Crippen molar-refractivity contribution in [3.8, 4) is 11.5 Å². The zero-order valence-electron chi connectivity index (χ0n) is 14.5. The number of hydrogen-bond donors (Lipinski definition) is 1. The molecule has 0 radical (unpaired) electrons. The number of halogens is 2. The van der Waals surface area contributed by atoms with Crippen LogP contribution in [0.4, 0.5) is 0 Å². The zero-order chi connectivity index (χ0) is 17.7. The largest absolute Gasteiger partial charge is 0.493 e. The lowest BCUT2D eigenvalue weighted by atomic mass is 10.1. The minimum Gasteiger partial charge on any atom is -0.493 e. The molecular formula is C19H23BrClNO2. The van der Waals surface area contributed by atoms with E-state index < -0.39 is 0 Å². The van der Waals surface area contributed by atoms with Crippen molar-refractivity contribution < 1.29 is 9.47 Å². The number of nitrogens with one attached hydrogen (secondary N) is 1. The van der Waals surface area contributed by atoms with Gasteiger partial charge in [0.15, 0.2) is 11.5 Å². The highest BCUT2D eigenvalue weighted by atomic mass is 79.9. The summed E-state index contributed by atoms with van der Waals surface area (Å²) in [5.74, 6) is 1.43. The lowest BCUT2D eigenvalue weighted by molar-refractivity contribution is 0.284. The molecular weight excluding hydrogens is 390 g/mol. The maximum atomic E-state index is 5.92. The molecule has 2 aromatic carbocycles. The molecule has 5 heteroatoms. The van der Waals surface area contributed by atoms with Gasteiger partial charge in [-0.1, -0.05) is 39.7 Å². The summed E-state index contributed by atoms with van der Waals surface area (Å²) in [5, 5.41) is 4.19. The van der Waals surface area contributed by atoms with E-state index in [9.17, 15) is 0 Å². The second-order valence-corrected chi connectivity index (χ2v) is 7.90. The number of ether oxygens (including phenoxy) is 2. The molecule has 1 N–H and O–H groups in total. The SMILES string of the molecule is COc1cc(CNC(C)(C)C)c(Br)cc1OCc1ccc(Cl)cc1. The number of hydrogen-bond acceptors (Lipinski definition) is 3. The van der Waals surface area contributed by atoms with Crippen LogP contribution in [0.5, 0.6) is 11.5 Å². The van der Waals surface area contributed by atoms with E-state index in [4.69, 9.17) is 21.1 Å². The molecule has 3 nitrogen and oxygen atoms in total. The van der Waals surface area contributed by atoms with Gasteiger partial charge in [-0.3, -0.25) is 0 Å². The Bertz CT molecular complexity index is 681. The van der Waals surface area contributed by atoms with Gasteiger partial charge >= 0.3 is 0 Å². The van der Waals surface area contributed by atoms with Gasteiger partial charge in [0.1, 0.15) is 6.61 Å². The minimum atomic E-state index is 0.0520. The van der Waals surface area contributed by atoms with E-state index in [1.54, 1.807) is 7.11 Å². The van der Waals surface area contributed by atoms with E-state index >= 15 is 0 Å². The maximum absolute atomic E-state index is 5.92. The van der Waals surface area contributed by atoms with Gasteiger partial charge in [0, 0.05) is 21.6 Å². The first-order valence-corrected chi connectivity index (χ1v) is 8.94. The fraction of sp³-hybridized carbons (Fsp3) is 0.368. The lowest BCUT2D eigenvalue weighted by Crippen LogP contribution is -2.35. The van der Waals surface area contributed by atoms with Crippen molar-refractivity contribution in [2.75, 3.05) is 7.11 Å². The fourth-order valence-corrected chi connectivity index (χ4v) is 2.68. The Morgan fingerprint density at radius 1 is 1.08 bits per heavy atom. The van der Waals surface area contributed by atoms with Crippen LogP contribution in [0.15, 0.2) is 40.9 Å². The summed E-state index contributed by atoms with van der Waals surface area (Å²) in [6.45, 7) is 7.63. The molecule has 2 aromatic rings. The van der Waals surface area contributed by atoms with Crippen LogP contribution in [-0.2, 0) is 13.2 Å². The molecule has 0 aliphatic heterocycles. The van der Waals surface area contributed by atoms with E-state index in [1.807, 2.05) is 36.4 Å². The van der Waals surface area contributed by atoms with Gasteiger partial charge < -0.3 is 14.8 Å². The molecule has 0 aliphatic rings. The molecule has 0 atom stereocenters. The van der Waals surface area contributed by atoms with Gasteiger partial charge in [0.25, 0.3) is 0 Å². The topological polar surface area (TPSA) is 30.5 Å². The molecule has 0 spiro atoms. The highest BCUT2D eigenvalue weighted by molar-refractivity contribution is 9.10. The summed E-state index contributed by atoms with van der Waals surface area (Å²) < 4.78 is 12.4. The Labute approximate surface area is 157 Å². The fourth-order valence-electron chi connectivity index (χ4n) is 2.09. The Morgan fingerprint density at radius 2 is 1.75 bits per heavy atom. The van der Waals surface area contributed by atoms with Crippen molar-refractivity contribution in [2.24, 2.45) is 0 Å². The van der Waals surface area contributed by atoms with E-state index in [-0.39, 0.29) is 5.54 Å². The normalized spacial score (nSPS) is 11.4. The van der Waals surface area contributed by atoms with Crippen LogP contribution >= 0.6 is 27.5 Å². The van der Waals surface area contributed by atoms with Crippen molar-refractivity contribution in [1.82, 2.24) is 5.32 Å². The number of rotatable bonds is 6. The molecule has 0 unspecified atom stereocenters. The van der Waals surface area contributed by atoms with Crippen molar-refractivity contribution in [3.05, 3.63) is 57.0 Å². The molecule has 130 valence electrons. The molecule has 0 amide bonds. The summed E-state index contributed by atoms with van der Waals surface area (Å²) in [7, 11) is 1.65. The Kier molecular flexibility index (Phi) is 6.55. The molecule has 0 aromatic heterocycles. The average molecular weight is 413 g/mol. The lowest BCUT2D eigenvalue weighted by Gasteiger charge is -2.22. The second-order valence-electron chi connectivity index (χ2n) is 6.61. The van der Waals surface area contributed by atoms with E-state index in [2.05, 4.69) is 42.0 Å². The molecule has 0 saturated heterocycles. The third kappa shape index (κ3) is 5.69. The van der Waals surface area contributed by atoms with Crippen molar-refractivity contribution >= 4 is 27.5 Å². The average Bonchev–Trinajstić information content (AvgIpc) is 2.52. The molecule has 0 saturated carbocycles. The van der Waals surface area contributed by atoms with Crippen molar-refractivity contribution in [3.63, 3.8) is 0 Å². The van der Waals surface area contributed by atoms with E-state index in [0.717, 1.165) is 32.9 Å². The number of benzene rings is 2. The summed E-state index contributed by atoms with van der Waals surface area (Å²) >= 11 is 9.52. The first-order chi connectivity index (χ1) is 11.3. The molecule has 0 aliphatic carbocycles. The minimum absolute atomic E-state index is 0.0520. The maximum Gasteiger partial charge on any atom is 0.162 e. The third-order valence-electron chi connectivity index (χ3n) is 3.45. The van der Waals surface area contributed by atoms with Gasteiger partial charge in [-0.25, -0.2) is 0 Å². The van der Waals surface area contributed by atoms with Crippen LogP contribution in [0.25, 0.3) is 0 Å². The van der Waals surface area contributed by atoms with Crippen LogP contribution in [0.2, 0.25) is 5.02 Å². The Hall–Kier alpha value is -1.23. The predicted molar refractivity (Wildman–Crippen MR) is 103 cm³/mol. The third-order valence-corrected chi connectivity index (χ3v) is 4.44. The van der Waals surface area contributed by atoms with Crippen molar-refractivity contribution in [2.45, 2.75) is 39.5 Å². The smallest absolute Gasteiger partial charge is 0.162 e. The van der Waals surface area contributed by atoms with Gasteiger partial charge in [0.05, 0.1) is 7.11 Å². The van der Waals surface area contributed by atoms with E-state index in [1.165, 1.54) is 0 Å². The van der Waals surface area contributed by atoms with Crippen LogP contribution < -0.4 is 14.8 Å². The summed E-state index contributed by atoms with van der Waals surface area (Å²) in [6, 6.07) is 11.6.